The van der Waals surface area contributed by atoms with Crippen molar-refractivity contribution in [1.82, 2.24) is 0 Å². The van der Waals surface area contributed by atoms with Gasteiger partial charge in [-0.15, -0.1) is 10.2 Å². The van der Waals surface area contributed by atoms with Gasteiger partial charge >= 0.3 is 0 Å². The molecule has 0 aliphatic heterocycles. The van der Waals surface area contributed by atoms with Crippen molar-refractivity contribution in [2.45, 2.75) is 33.4 Å². The fourth-order valence-electron chi connectivity index (χ4n) is 6.04. The van der Waals surface area contributed by atoms with Gasteiger partial charge in [0.15, 0.2) is 11.5 Å². The number of azo groups is 2. The molecule has 59 heavy (non-hydrogen) atoms. The van der Waals surface area contributed by atoms with Crippen LogP contribution in [-0.2, 0) is 40.5 Å². The quantitative estimate of drug-likeness (QED) is 0.0342. The molecule has 0 unspecified atom stereocenters. The summed E-state index contributed by atoms with van der Waals surface area (Å²) in [6.45, 7) is 3.42. The third kappa shape index (κ3) is 8.78. The van der Waals surface area contributed by atoms with Crippen molar-refractivity contribution in [1.29, 1.82) is 0 Å². The number of hydrogen-bond donors (Lipinski definition) is 8. The normalized spacial score (nSPS) is 12.8. The maximum atomic E-state index is 12.0. The van der Waals surface area contributed by atoms with Crippen LogP contribution in [0.1, 0.15) is 11.1 Å². The molecule has 0 aliphatic carbocycles. The number of anilines is 2. The number of phenols is 2. The molecule has 6 rings (SSSR count). The van der Waals surface area contributed by atoms with Crippen molar-refractivity contribution in [3.8, 4) is 22.6 Å². The van der Waals surface area contributed by atoms with Crippen LogP contribution in [0, 0.1) is 13.8 Å². The molecular formula is C34H28N6NaO14S4. The van der Waals surface area contributed by atoms with Crippen molar-refractivity contribution < 1.29 is 62.1 Å². The number of rotatable bonds is 9. The van der Waals surface area contributed by atoms with Gasteiger partial charge in [-0.25, -0.2) is 0 Å². The molecule has 1 radical (unpaired) electrons. The smallest absolute Gasteiger partial charge is 0.296 e. The molecule has 0 saturated heterocycles. The van der Waals surface area contributed by atoms with E-state index in [4.69, 9.17) is 11.5 Å². The van der Waals surface area contributed by atoms with Gasteiger partial charge in [0.05, 0.1) is 33.5 Å². The van der Waals surface area contributed by atoms with Crippen LogP contribution in [-0.4, -0.2) is 91.7 Å². The SMILES string of the molecule is Cc1cc(-c2ccc(N=Nc3ccc4c(S(=O)(=O)O)cc(S(=O)(=O)O)c(N)c4c3O)c(C)c2)ccc1N=Nc1ccc2c(S(=O)(=O)O)cc(S(=O)(=O)O)c(N)c2c1O.[Na]. The number of aromatic hydroxyl groups is 2. The standard InChI is InChI=1S/C34H28N6O14S4.Na/c1-15-11-17(3-7-21(15)37-39-23-9-5-19-25(55(43,44)45)13-27(57(49,50)51)31(35)29(19)33(23)41)18-4-8-22(16(2)12-18)38-40-24-10-6-20-26(56(46,47)48)14-28(58(52,53)54)32(36)30(20)34(24)42;/h3-14,41-42H,35-36H2,1-2H3,(H,43,44,45)(H,46,47,48)(H,49,50,51)(H,52,53,54);. The number of fused-ring (bicyclic) bond motifs is 2. The fraction of sp³-hybridized carbons (Fsp3) is 0.0588. The van der Waals surface area contributed by atoms with E-state index < -0.39 is 93.7 Å². The number of nitrogens with zero attached hydrogens (tertiary/aromatic N) is 4. The molecule has 0 aliphatic rings. The molecule has 303 valence electrons. The van der Waals surface area contributed by atoms with Crippen LogP contribution < -0.4 is 11.5 Å². The molecule has 0 fully saturated rings. The fourth-order valence-corrected chi connectivity index (χ4v) is 8.91. The molecule has 20 nitrogen and oxygen atoms in total. The Morgan fingerprint density at radius 1 is 0.441 bits per heavy atom. The first kappa shape index (κ1) is 45.0. The number of hydrogen-bond acceptors (Lipinski definition) is 16. The van der Waals surface area contributed by atoms with Crippen molar-refractivity contribution >= 4 is 126 Å². The van der Waals surface area contributed by atoms with E-state index >= 15 is 0 Å². The minimum Gasteiger partial charge on any atom is -0.505 e. The monoisotopic (exact) mass is 895 g/mol. The Morgan fingerprint density at radius 3 is 1.02 bits per heavy atom. The topological polar surface area (TPSA) is 359 Å². The van der Waals surface area contributed by atoms with Gasteiger partial charge < -0.3 is 21.7 Å². The summed E-state index contributed by atoms with van der Waals surface area (Å²) in [6, 6.07) is 15.6. The summed E-state index contributed by atoms with van der Waals surface area (Å²) in [7, 11) is -20.3. The average molecular weight is 896 g/mol. The number of nitrogen functional groups attached to an aromatic ring is 2. The molecule has 0 amide bonds. The van der Waals surface area contributed by atoms with E-state index in [1.165, 1.54) is 0 Å². The van der Waals surface area contributed by atoms with E-state index in [2.05, 4.69) is 20.5 Å². The van der Waals surface area contributed by atoms with Gasteiger partial charge in [0, 0.05) is 40.3 Å². The molecule has 0 heterocycles. The van der Waals surface area contributed by atoms with Crippen molar-refractivity contribution in [3.05, 3.63) is 83.9 Å². The number of benzene rings is 6. The van der Waals surface area contributed by atoms with Crippen LogP contribution in [0.2, 0.25) is 0 Å². The van der Waals surface area contributed by atoms with E-state index in [-0.39, 0.29) is 51.7 Å². The predicted molar refractivity (Wildman–Crippen MR) is 215 cm³/mol. The van der Waals surface area contributed by atoms with E-state index in [1.54, 1.807) is 50.2 Å². The first-order valence-corrected chi connectivity index (χ1v) is 21.7. The summed E-state index contributed by atoms with van der Waals surface area (Å²) in [5, 5.41) is 36.5. The molecule has 0 saturated carbocycles. The maximum Gasteiger partial charge on any atom is 0.296 e. The van der Waals surface area contributed by atoms with Crippen LogP contribution in [0.4, 0.5) is 34.1 Å². The second-order valence-electron chi connectivity index (χ2n) is 12.6. The summed E-state index contributed by atoms with van der Waals surface area (Å²) < 4.78 is 134. The third-order valence-electron chi connectivity index (χ3n) is 8.81. The average Bonchev–Trinajstić information content (AvgIpc) is 3.09. The Labute approximate surface area is 357 Å². The van der Waals surface area contributed by atoms with Gasteiger partial charge in [0.1, 0.15) is 31.0 Å². The molecule has 6 aromatic rings. The molecule has 0 aromatic heterocycles. The summed E-state index contributed by atoms with van der Waals surface area (Å²) >= 11 is 0. The maximum absolute atomic E-state index is 12.0. The van der Waals surface area contributed by atoms with E-state index in [0.29, 0.717) is 45.8 Å². The molecule has 0 atom stereocenters. The Kier molecular flexibility index (Phi) is 12.1. The predicted octanol–water partition coefficient (Wildman–Crippen LogP) is 6.29. The summed E-state index contributed by atoms with van der Waals surface area (Å²) in [5.74, 6) is -1.57. The minimum absolute atomic E-state index is 0. The van der Waals surface area contributed by atoms with Gasteiger partial charge in [0.25, 0.3) is 40.5 Å². The molecular weight excluding hydrogens is 868 g/mol. The van der Waals surface area contributed by atoms with E-state index in [1.807, 2.05) is 0 Å². The van der Waals surface area contributed by atoms with Crippen LogP contribution in [0.25, 0.3) is 32.7 Å². The zero-order valence-corrected chi connectivity index (χ0v) is 35.7. The minimum atomic E-state index is -5.10. The molecule has 6 aromatic carbocycles. The first-order valence-electron chi connectivity index (χ1n) is 15.9. The second kappa shape index (κ2) is 15.8. The van der Waals surface area contributed by atoms with Crippen LogP contribution >= 0.6 is 0 Å². The van der Waals surface area contributed by atoms with Gasteiger partial charge in [-0.05, 0) is 84.6 Å². The zero-order valence-electron chi connectivity index (χ0n) is 30.5. The zero-order chi connectivity index (χ0) is 42.9. The summed E-state index contributed by atoms with van der Waals surface area (Å²) in [4.78, 5) is -4.01. The largest absolute Gasteiger partial charge is 0.505 e. The number of phenolic OH excluding ortho intramolecular Hbond substituents is 2. The van der Waals surface area contributed by atoms with Gasteiger partial charge in [-0.1, -0.05) is 24.3 Å². The van der Waals surface area contributed by atoms with Crippen LogP contribution in [0.3, 0.4) is 0 Å². The van der Waals surface area contributed by atoms with Crippen molar-refractivity contribution in [2.75, 3.05) is 11.5 Å². The van der Waals surface area contributed by atoms with Crippen LogP contribution in [0.5, 0.6) is 11.5 Å². The molecule has 0 bridgehead atoms. The molecule has 0 spiro atoms. The van der Waals surface area contributed by atoms with Crippen molar-refractivity contribution in [3.63, 3.8) is 0 Å². The number of nitrogens with two attached hydrogens (primary N) is 2. The van der Waals surface area contributed by atoms with Gasteiger partial charge in [0.2, 0.25) is 0 Å². The Balaban J connectivity index is 0.00000661. The Bertz CT molecular complexity index is 3090. The number of aryl methyl sites for hydroxylation is 2. The Morgan fingerprint density at radius 2 is 0.729 bits per heavy atom. The van der Waals surface area contributed by atoms with Crippen LogP contribution in [0.15, 0.2) is 113 Å². The van der Waals surface area contributed by atoms with Gasteiger partial charge in [-0.3, -0.25) is 18.2 Å². The van der Waals surface area contributed by atoms with E-state index in [9.17, 15) is 62.1 Å². The summed E-state index contributed by atoms with van der Waals surface area (Å²) in [6.07, 6.45) is 0. The first-order chi connectivity index (χ1) is 26.8. The molecule has 10 N–H and O–H groups in total. The molecule has 25 heteroatoms. The van der Waals surface area contributed by atoms with E-state index in [0.717, 1.165) is 24.3 Å². The Hall–Kier alpha value is -5.12. The third-order valence-corrected chi connectivity index (χ3v) is 12.4. The van der Waals surface area contributed by atoms with Crippen molar-refractivity contribution in [2.24, 2.45) is 20.5 Å². The second-order valence-corrected chi connectivity index (χ2v) is 18.1. The van der Waals surface area contributed by atoms with Gasteiger partial charge in [-0.2, -0.15) is 43.9 Å². The summed E-state index contributed by atoms with van der Waals surface area (Å²) in [5.41, 5.74) is 13.2.